The minimum Gasteiger partial charge on any atom is -0.465 e. The van der Waals surface area contributed by atoms with Gasteiger partial charge in [-0.15, -0.1) is 0 Å². The van der Waals surface area contributed by atoms with Gasteiger partial charge in [0.05, 0.1) is 31.0 Å². The number of likely N-dealkylation sites (tertiary alicyclic amines) is 1. The van der Waals surface area contributed by atoms with Crippen molar-refractivity contribution in [1.29, 1.82) is 0 Å². The van der Waals surface area contributed by atoms with E-state index in [0.29, 0.717) is 28.8 Å². The van der Waals surface area contributed by atoms with Crippen LogP contribution in [0.25, 0.3) is 10.9 Å². The highest BCUT2D eigenvalue weighted by atomic mass is 16.5. The Bertz CT molecular complexity index is 1270. The number of amides is 3. The Kier molecular flexibility index (Phi) is 5.27. The van der Waals surface area contributed by atoms with E-state index in [2.05, 4.69) is 20.8 Å². The number of aromatic amines is 1. The molecule has 1 aromatic heterocycles. The number of aromatic nitrogens is 1. The molecule has 2 aromatic carbocycles. The Morgan fingerprint density at radius 1 is 1.24 bits per heavy atom. The van der Waals surface area contributed by atoms with Crippen molar-refractivity contribution in [3.8, 4) is 0 Å². The van der Waals surface area contributed by atoms with Crippen LogP contribution < -0.4 is 10.7 Å². The van der Waals surface area contributed by atoms with Crippen LogP contribution in [0.3, 0.4) is 0 Å². The van der Waals surface area contributed by atoms with Gasteiger partial charge in [0.15, 0.2) is 0 Å². The molecule has 168 valence electrons. The predicted octanol–water partition coefficient (Wildman–Crippen LogP) is 2.52. The standard InChI is InChI=1S/C23H21N5O5/c29-21-17-6-15(7-18-20(17)14(9-24-18)10-25-27-21)26-22(30)19-8-16(11-28(19)23(31)32)33-12-13-4-2-1-3-5-13/h1-7,9-10,16,19,24H,8,11-12H2,(H,26,30)(H,27,29)(H,31,32). The fraction of sp³-hybridized carbons (Fsp3) is 0.217. The summed E-state index contributed by atoms with van der Waals surface area (Å²) in [6, 6.07) is 11.9. The average Bonchev–Trinajstić information content (AvgIpc) is 3.38. The fourth-order valence-corrected chi connectivity index (χ4v) is 4.26. The van der Waals surface area contributed by atoms with Gasteiger partial charge in [0.1, 0.15) is 6.04 Å². The molecule has 4 N–H and O–H groups in total. The van der Waals surface area contributed by atoms with Gasteiger partial charge >= 0.3 is 6.09 Å². The number of carbonyl (C=O) groups is 3. The van der Waals surface area contributed by atoms with Crippen molar-refractivity contribution in [3.63, 3.8) is 0 Å². The van der Waals surface area contributed by atoms with Gasteiger partial charge in [0.25, 0.3) is 5.91 Å². The van der Waals surface area contributed by atoms with Crippen LogP contribution in [0.4, 0.5) is 10.5 Å². The maximum Gasteiger partial charge on any atom is 0.408 e. The van der Waals surface area contributed by atoms with Crippen molar-refractivity contribution < 1.29 is 24.2 Å². The molecule has 2 aliphatic heterocycles. The van der Waals surface area contributed by atoms with Gasteiger partial charge in [0, 0.05) is 34.8 Å². The van der Waals surface area contributed by atoms with Gasteiger partial charge < -0.3 is 20.1 Å². The molecule has 1 saturated heterocycles. The Morgan fingerprint density at radius 3 is 2.85 bits per heavy atom. The predicted molar refractivity (Wildman–Crippen MR) is 120 cm³/mol. The van der Waals surface area contributed by atoms with E-state index in [-0.39, 0.29) is 13.0 Å². The summed E-state index contributed by atoms with van der Waals surface area (Å²) in [6.45, 7) is 0.434. The second kappa shape index (κ2) is 8.40. The summed E-state index contributed by atoms with van der Waals surface area (Å²) in [5.41, 5.74) is 5.56. The number of carbonyl (C=O) groups excluding carboxylic acids is 2. The molecule has 1 fully saturated rings. The minimum atomic E-state index is -1.19. The number of anilines is 1. The molecule has 2 unspecified atom stereocenters. The third-order valence-corrected chi connectivity index (χ3v) is 5.83. The molecule has 3 aromatic rings. The first-order chi connectivity index (χ1) is 16.0. The van der Waals surface area contributed by atoms with E-state index in [1.54, 1.807) is 24.5 Å². The fourth-order valence-electron chi connectivity index (χ4n) is 4.26. The summed E-state index contributed by atoms with van der Waals surface area (Å²) in [5, 5.41) is 17.0. The lowest BCUT2D eigenvalue weighted by Crippen LogP contribution is -2.42. The first-order valence-electron chi connectivity index (χ1n) is 10.4. The first kappa shape index (κ1) is 20.7. The number of nitrogens with one attached hydrogen (secondary N) is 3. The van der Waals surface area contributed by atoms with Crippen molar-refractivity contribution in [1.82, 2.24) is 15.3 Å². The second-order valence-corrected chi connectivity index (χ2v) is 7.98. The zero-order chi connectivity index (χ0) is 22.9. The average molecular weight is 447 g/mol. The number of carboxylic acid groups (broad SMARTS) is 1. The molecule has 10 heteroatoms. The first-order valence-corrected chi connectivity index (χ1v) is 10.4. The molecule has 2 aliphatic rings. The number of hydrazone groups is 1. The molecular formula is C23H21N5O5. The van der Waals surface area contributed by atoms with Gasteiger partial charge in [-0.3, -0.25) is 14.5 Å². The van der Waals surface area contributed by atoms with Crippen molar-refractivity contribution in [2.75, 3.05) is 11.9 Å². The molecule has 0 radical (unpaired) electrons. The van der Waals surface area contributed by atoms with Crippen LogP contribution in [-0.2, 0) is 16.1 Å². The van der Waals surface area contributed by atoms with Crippen LogP contribution in [0.5, 0.6) is 0 Å². The summed E-state index contributed by atoms with van der Waals surface area (Å²) in [5.74, 6) is -0.875. The smallest absolute Gasteiger partial charge is 0.408 e. The van der Waals surface area contributed by atoms with Crippen LogP contribution in [0.2, 0.25) is 0 Å². The summed E-state index contributed by atoms with van der Waals surface area (Å²) >= 11 is 0. The number of rotatable bonds is 5. The van der Waals surface area contributed by atoms with E-state index < -0.39 is 30.1 Å². The third kappa shape index (κ3) is 4.03. The Morgan fingerprint density at radius 2 is 2.06 bits per heavy atom. The Hall–Kier alpha value is -4.18. The largest absolute Gasteiger partial charge is 0.465 e. The van der Waals surface area contributed by atoms with Crippen LogP contribution in [0.1, 0.15) is 27.9 Å². The molecule has 10 nitrogen and oxygen atoms in total. The highest BCUT2D eigenvalue weighted by molar-refractivity contribution is 6.15. The van der Waals surface area contributed by atoms with E-state index in [9.17, 15) is 19.5 Å². The summed E-state index contributed by atoms with van der Waals surface area (Å²) in [7, 11) is 0. The SMILES string of the molecule is O=C1NN=Cc2c[nH]c3cc(NC(=O)C4CC(OCc5ccccc5)CN4C(=O)O)cc1c23. The van der Waals surface area contributed by atoms with Gasteiger partial charge in [-0.25, -0.2) is 10.2 Å². The highest BCUT2D eigenvalue weighted by Gasteiger charge is 2.40. The van der Waals surface area contributed by atoms with E-state index in [1.165, 1.54) is 0 Å². The zero-order valence-electron chi connectivity index (χ0n) is 17.4. The number of hydrogen-bond donors (Lipinski definition) is 4. The number of benzene rings is 2. The van der Waals surface area contributed by atoms with Gasteiger partial charge in [-0.1, -0.05) is 30.3 Å². The van der Waals surface area contributed by atoms with Crippen LogP contribution in [-0.4, -0.2) is 57.8 Å². The molecule has 0 bridgehead atoms. The van der Waals surface area contributed by atoms with E-state index in [0.717, 1.165) is 16.0 Å². The Balaban J connectivity index is 1.33. The third-order valence-electron chi connectivity index (χ3n) is 5.83. The topological polar surface area (TPSA) is 136 Å². The molecule has 0 aliphatic carbocycles. The van der Waals surface area contributed by atoms with Gasteiger partial charge in [-0.2, -0.15) is 5.10 Å². The molecule has 2 atom stereocenters. The maximum absolute atomic E-state index is 13.0. The molecule has 3 amide bonds. The number of H-pyrrole nitrogens is 1. The minimum absolute atomic E-state index is 0.101. The monoisotopic (exact) mass is 447 g/mol. The second-order valence-electron chi connectivity index (χ2n) is 7.98. The van der Waals surface area contributed by atoms with Crippen molar-refractivity contribution in [3.05, 3.63) is 65.4 Å². The Labute approximate surface area is 188 Å². The molecule has 5 rings (SSSR count). The molecule has 3 heterocycles. The molecule has 0 saturated carbocycles. The van der Waals surface area contributed by atoms with Gasteiger partial charge in [0.2, 0.25) is 5.91 Å². The van der Waals surface area contributed by atoms with Crippen LogP contribution >= 0.6 is 0 Å². The van der Waals surface area contributed by atoms with Crippen LogP contribution in [0, 0.1) is 0 Å². The van der Waals surface area contributed by atoms with E-state index in [1.807, 2.05) is 30.3 Å². The summed E-state index contributed by atoms with van der Waals surface area (Å²) in [6.07, 6.45) is 1.92. The lowest BCUT2D eigenvalue weighted by molar-refractivity contribution is -0.120. The molecule has 33 heavy (non-hydrogen) atoms. The van der Waals surface area contributed by atoms with Gasteiger partial charge in [-0.05, 0) is 17.7 Å². The maximum atomic E-state index is 13.0. The normalized spacial score (nSPS) is 19.4. The highest BCUT2D eigenvalue weighted by Crippen LogP contribution is 2.29. The lowest BCUT2D eigenvalue weighted by atomic mass is 10.0. The number of hydrogen-bond acceptors (Lipinski definition) is 5. The molecular weight excluding hydrogens is 426 g/mol. The lowest BCUT2D eigenvalue weighted by Gasteiger charge is -2.20. The molecule has 0 spiro atoms. The number of nitrogens with zero attached hydrogens (tertiary/aromatic N) is 2. The summed E-state index contributed by atoms with van der Waals surface area (Å²) < 4.78 is 5.88. The van der Waals surface area contributed by atoms with E-state index in [4.69, 9.17) is 4.74 Å². The van der Waals surface area contributed by atoms with Crippen molar-refractivity contribution in [2.45, 2.75) is 25.2 Å². The quantitative estimate of drug-likeness (QED) is 0.477. The number of ether oxygens (including phenoxy) is 1. The van der Waals surface area contributed by atoms with Crippen molar-refractivity contribution in [2.24, 2.45) is 5.10 Å². The van der Waals surface area contributed by atoms with Crippen LogP contribution in [0.15, 0.2) is 53.8 Å². The van der Waals surface area contributed by atoms with E-state index >= 15 is 0 Å². The summed E-state index contributed by atoms with van der Waals surface area (Å²) in [4.78, 5) is 41.4. The zero-order valence-corrected chi connectivity index (χ0v) is 17.4. The van der Waals surface area contributed by atoms with Crippen molar-refractivity contribution >= 4 is 40.7 Å².